The van der Waals surface area contributed by atoms with Crippen molar-refractivity contribution in [2.75, 3.05) is 6.61 Å². The summed E-state index contributed by atoms with van der Waals surface area (Å²) in [5.74, 6) is 0. The van der Waals surface area contributed by atoms with Crippen molar-refractivity contribution in [3.05, 3.63) is 46.4 Å². The maximum atomic E-state index is 11.9. The van der Waals surface area contributed by atoms with Crippen LogP contribution in [0.4, 0.5) is 0 Å². The van der Waals surface area contributed by atoms with E-state index in [1.54, 1.807) is 6.20 Å². The molecule has 1 aromatic carbocycles. The molecule has 2 rings (SSSR count). The number of benzene rings is 1. The van der Waals surface area contributed by atoms with Gasteiger partial charge < -0.3 is 9.67 Å². The molecule has 0 saturated carbocycles. The Hall–Kier alpha value is -1.61. The van der Waals surface area contributed by atoms with E-state index in [2.05, 4.69) is 0 Å². The lowest BCUT2D eigenvalue weighted by atomic mass is 10.1. The minimum atomic E-state index is -0.0368. The predicted molar refractivity (Wildman–Crippen MR) is 60.0 cm³/mol. The van der Waals surface area contributed by atoms with Crippen LogP contribution in [0.5, 0.6) is 0 Å². The molecule has 1 heterocycles. The first-order valence-corrected chi connectivity index (χ1v) is 4.93. The van der Waals surface area contributed by atoms with Crippen molar-refractivity contribution in [1.82, 2.24) is 4.57 Å². The first kappa shape index (κ1) is 9.93. The third-order valence-corrected chi connectivity index (χ3v) is 2.58. The number of aromatic nitrogens is 1. The largest absolute Gasteiger partial charge is 0.395 e. The molecule has 0 spiro atoms. The molecular weight excluding hydrogens is 190 g/mol. The lowest BCUT2D eigenvalue weighted by Crippen LogP contribution is -2.21. The quantitative estimate of drug-likeness (QED) is 0.799. The van der Waals surface area contributed by atoms with Crippen molar-refractivity contribution in [2.45, 2.75) is 13.5 Å². The van der Waals surface area contributed by atoms with Gasteiger partial charge in [-0.3, -0.25) is 4.79 Å². The van der Waals surface area contributed by atoms with E-state index in [1.807, 2.05) is 31.2 Å². The summed E-state index contributed by atoms with van der Waals surface area (Å²) in [5.41, 5.74) is 1.06. The van der Waals surface area contributed by atoms with Gasteiger partial charge in [0.05, 0.1) is 6.61 Å². The van der Waals surface area contributed by atoms with Gasteiger partial charge >= 0.3 is 0 Å². The zero-order chi connectivity index (χ0) is 10.8. The Labute approximate surface area is 87.6 Å². The zero-order valence-electron chi connectivity index (χ0n) is 8.60. The normalized spacial score (nSPS) is 10.8. The Kier molecular flexibility index (Phi) is 2.56. The van der Waals surface area contributed by atoms with E-state index in [1.165, 1.54) is 4.57 Å². The highest BCUT2D eigenvalue weighted by molar-refractivity contribution is 5.84. The topological polar surface area (TPSA) is 42.2 Å². The Balaban J connectivity index is 2.75. The highest BCUT2D eigenvalue weighted by Gasteiger charge is 2.03. The van der Waals surface area contributed by atoms with E-state index in [0.29, 0.717) is 11.9 Å². The molecule has 2 aromatic rings. The van der Waals surface area contributed by atoms with Crippen LogP contribution < -0.4 is 5.56 Å². The van der Waals surface area contributed by atoms with Crippen molar-refractivity contribution in [3.63, 3.8) is 0 Å². The third kappa shape index (κ3) is 1.66. The maximum absolute atomic E-state index is 11.9. The van der Waals surface area contributed by atoms with Crippen LogP contribution >= 0.6 is 0 Å². The second kappa shape index (κ2) is 3.87. The van der Waals surface area contributed by atoms with E-state index >= 15 is 0 Å². The SMILES string of the molecule is Cc1cccc2c(=O)n(CCO)ccc12. The molecule has 0 unspecified atom stereocenters. The minimum absolute atomic E-state index is 0.0166. The fourth-order valence-corrected chi connectivity index (χ4v) is 1.76. The summed E-state index contributed by atoms with van der Waals surface area (Å²) in [6.45, 7) is 2.32. The number of aliphatic hydroxyl groups excluding tert-OH is 1. The van der Waals surface area contributed by atoms with E-state index < -0.39 is 0 Å². The molecule has 0 amide bonds. The smallest absolute Gasteiger partial charge is 0.258 e. The van der Waals surface area contributed by atoms with E-state index in [0.717, 1.165) is 10.9 Å². The number of rotatable bonds is 2. The van der Waals surface area contributed by atoms with Gasteiger partial charge in [-0.2, -0.15) is 0 Å². The highest BCUT2D eigenvalue weighted by Crippen LogP contribution is 2.13. The van der Waals surface area contributed by atoms with Gasteiger partial charge in [-0.15, -0.1) is 0 Å². The van der Waals surface area contributed by atoms with Gasteiger partial charge in [-0.05, 0) is 30.0 Å². The molecule has 78 valence electrons. The van der Waals surface area contributed by atoms with Crippen LogP contribution in [-0.4, -0.2) is 16.3 Å². The Bertz CT molecular complexity index is 543. The van der Waals surface area contributed by atoms with Crippen molar-refractivity contribution in [2.24, 2.45) is 0 Å². The fourth-order valence-electron chi connectivity index (χ4n) is 1.76. The van der Waals surface area contributed by atoms with E-state index in [9.17, 15) is 4.79 Å². The number of nitrogens with zero attached hydrogens (tertiary/aromatic N) is 1. The number of fused-ring (bicyclic) bond motifs is 1. The highest BCUT2D eigenvalue weighted by atomic mass is 16.3. The average molecular weight is 203 g/mol. The molecule has 0 saturated heterocycles. The number of aliphatic hydroxyl groups is 1. The molecule has 0 aliphatic heterocycles. The van der Waals surface area contributed by atoms with Gasteiger partial charge in [-0.1, -0.05) is 12.1 Å². The number of hydrogen-bond donors (Lipinski definition) is 1. The number of aryl methyl sites for hydroxylation is 1. The average Bonchev–Trinajstić information content (AvgIpc) is 2.23. The molecule has 0 aliphatic carbocycles. The summed E-state index contributed by atoms with van der Waals surface area (Å²) in [4.78, 5) is 11.9. The lowest BCUT2D eigenvalue weighted by Gasteiger charge is -2.06. The Morgan fingerprint density at radius 3 is 2.80 bits per heavy atom. The summed E-state index contributed by atoms with van der Waals surface area (Å²) in [7, 11) is 0. The molecule has 3 heteroatoms. The summed E-state index contributed by atoms with van der Waals surface area (Å²) < 4.78 is 1.53. The van der Waals surface area contributed by atoms with Crippen LogP contribution in [0.25, 0.3) is 10.8 Å². The Morgan fingerprint density at radius 1 is 1.27 bits per heavy atom. The van der Waals surface area contributed by atoms with Crippen LogP contribution in [-0.2, 0) is 6.54 Å². The fraction of sp³-hybridized carbons (Fsp3) is 0.250. The third-order valence-electron chi connectivity index (χ3n) is 2.58. The van der Waals surface area contributed by atoms with Gasteiger partial charge in [-0.25, -0.2) is 0 Å². The lowest BCUT2D eigenvalue weighted by molar-refractivity contribution is 0.274. The number of hydrogen-bond acceptors (Lipinski definition) is 2. The van der Waals surface area contributed by atoms with Crippen LogP contribution in [0.2, 0.25) is 0 Å². The van der Waals surface area contributed by atoms with Gasteiger partial charge in [0.1, 0.15) is 0 Å². The summed E-state index contributed by atoms with van der Waals surface area (Å²) in [6, 6.07) is 7.60. The minimum Gasteiger partial charge on any atom is -0.395 e. The predicted octanol–water partition coefficient (Wildman–Crippen LogP) is 1.30. The summed E-state index contributed by atoms with van der Waals surface area (Å²) in [6.07, 6.45) is 1.73. The molecule has 1 N–H and O–H groups in total. The molecule has 0 atom stereocenters. The van der Waals surface area contributed by atoms with Crippen LogP contribution in [0.15, 0.2) is 35.3 Å². The second-order valence-electron chi connectivity index (χ2n) is 3.57. The van der Waals surface area contributed by atoms with E-state index in [-0.39, 0.29) is 12.2 Å². The summed E-state index contributed by atoms with van der Waals surface area (Å²) >= 11 is 0. The monoisotopic (exact) mass is 203 g/mol. The first-order chi connectivity index (χ1) is 7.24. The van der Waals surface area contributed by atoms with Gasteiger partial charge in [0.2, 0.25) is 0 Å². The maximum Gasteiger partial charge on any atom is 0.258 e. The standard InChI is InChI=1S/C12H13NO2/c1-9-3-2-4-11-10(9)5-6-13(7-8-14)12(11)15/h2-6,14H,7-8H2,1H3. The first-order valence-electron chi connectivity index (χ1n) is 4.93. The van der Waals surface area contributed by atoms with E-state index in [4.69, 9.17) is 5.11 Å². The molecule has 0 aliphatic rings. The number of pyridine rings is 1. The molecular formula is C12H13NO2. The van der Waals surface area contributed by atoms with Gasteiger partial charge in [0.25, 0.3) is 5.56 Å². The molecule has 15 heavy (non-hydrogen) atoms. The molecule has 0 fully saturated rings. The molecule has 0 bridgehead atoms. The van der Waals surface area contributed by atoms with Crippen molar-refractivity contribution in [1.29, 1.82) is 0 Å². The van der Waals surface area contributed by atoms with Crippen LogP contribution in [0.1, 0.15) is 5.56 Å². The Morgan fingerprint density at radius 2 is 2.07 bits per heavy atom. The van der Waals surface area contributed by atoms with Crippen molar-refractivity contribution >= 4 is 10.8 Å². The zero-order valence-corrected chi connectivity index (χ0v) is 8.60. The molecule has 0 radical (unpaired) electrons. The second-order valence-corrected chi connectivity index (χ2v) is 3.57. The van der Waals surface area contributed by atoms with Crippen LogP contribution in [0.3, 0.4) is 0 Å². The molecule has 3 nitrogen and oxygen atoms in total. The van der Waals surface area contributed by atoms with Crippen molar-refractivity contribution < 1.29 is 5.11 Å². The van der Waals surface area contributed by atoms with Gasteiger partial charge in [0.15, 0.2) is 0 Å². The van der Waals surface area contributed by atoms with Gasteiger partial charge in [0, 0.05) is 18.1 Å². The van der Waals surface area contributed by atoms with Crippen molar-refractivity contribution in [3.8, 4) is 0 Å². The molecule has 1 aromatic heterocycles. The summed E-state index contributed by atoms with van der Waals surface area (Å²) in [5, 5.41) is 10.5. The van der Waals surface area contributed by atoms with Crippen LogP contribution in [0, 0.1) is 6.92 Å².